The van der Waals surface area contributed by atoms with E-state index >= 15 is 0 Å². The van der Waals surface area contributed by atoms with Gasteiger partial charge in [0.2, 0.25) is 0 Å². The van der Waals surface area contributed by atoms with Crippen LogP contribution in [0.4, 0.5) is 0 Å². The third-order valence-corrected chi connectivity index (χ3v) is 15.3. The number of hydrogen-bond donors (Lipinski definition) is 0. The average Bonchev–Trinajstić information content (AvgIpc) is 3.38. The second-order valence-electron chi connectivity index (χ2n) is 21.6. The summed E-state index contributed by atoms with van der Waals surface area (Å²) in [6, 6.07) is 82.8. The second kappa shape index (κ2) is 15.7. The van der Waals surface area contributed by atoms with E-state index in [2.05, 4.69) is 260 Å². The Morgan fingerprint density at radius 1 is 0.200 bits per heavy atom. The van der Waals surface area contributed by atoms with Crippen molar-refractivity contribution in [2.45, 2.75) is 52.4 Å². The van der Waals surface area contributed by atoms with E-state index in [1.54, 1.807) is 0 Å². The first kappa shape index (κ1) is 42.1. The molecule has 0 amide bonds. The highest BCUT2D eigenvalue weighted by atomic mass is 14.3. The van der Waals surface area contributed by atoms with Crippen LogP contribution < -0.4 is 0 Å². The first-order valence-corrected chi connectivity index (χ1v) is 24.9. The molecule has 13 aromatic rings. The van der Waals surface area contributed by atoms with E-state index in [-0.39, 0.29) is 10.8 Å². The molecule has 70 heavy (non-hydrogen) atoms. The Labute approximate surface area is 410 Å². The van der Waals surface area contributed by atoms with Crippen LogP contribution in [-0.2, 0) is 10.8 Å². The van der Waals surface area contributed by atoms with Gasteiger partial charge in [0.15, 0.2) is 0 Å². The third kappa shape index (κ3) is 6.65. The molecular weight excluding hydrogens is 841 g/mol. The first-order valence-electron chi connectivity index (χ1n) is 24.9. The van der Waals surface area contributed by atoms with Crippen molar-refractivity contribution in [2.24, 2.45) is 0 Å². The molecule has 0 spiro atoms. The van der Waals surface area contributed by atoms with Gasteiger partial charge in [-0.1, -0.05) is 236 Å². The minimum atomic E-state index is 0.0658. The van der Waals surface area contributed by atoms with E-state index in [9.17, 15) is 0 Å². The molecule has 0 nitrogen and oxygen atoms in total. The summed E-state index contributed by atoms with van der Waals surface area (Å²) in [5, 5.41) is 20.4. The van der Waals surface area contributed by atoms with Gasteiger partial charge in [0.1, 0.15) is 0 Å². The van der Waals surface area contributed by atoms with Crippen molar-refractivity contribution >= 4 is 86.2 Å². The Morgan fingerprint density at radius 3 is 0.886 bits per heavy atom. The molecule has 13 aromatic carbocycles. The van der Waals surface area contributed by atoms with Crippen molar-refractivity contribution in [3.63, 3.8) is 0 Å². The maximum absolute atomic E-state index is 2.46. The molecule has 0 heteroatoms. The predicted molar refractivity (Wildman–Crippen MR) is 306 cm³/mol. The highest BCUT2D eigenvalue weighted by Crippen LogP contribution is 2.48. The van der Waals surface area contributed by atoms with Gasteiger partial charge in [-0.15, -0.1) is 0 Å². The number of hydrogen-bond acceptors (Lipinski definition) is 0. The van der Waals surface area contributed by atoms with Gasteiger partial charge in [-0.05, 0) is 177 Å². The van der Waals surface area contributed by atoms with Gasteiger partial charge in [0, 0.05) is 0 Å². The number of rotatable bonds is 4. The molecule has 0 atom stereocenters. The summed E-state index contributed by atoms with van der Waals surface area (Å²) in [7, 11) is 0. The van der Waals surface area contributed by atoms with Crippen LogP contribution in [0.25, 0.3) is 131 Å². The molecule has 0 fully saturated rings. The fourth-order valence-electron chi connectivity index (χ4n) is 11.8. The number of fused-ring (bicyclic) bond motifs is 11. The lowest BCUT2D eigenvalue weighted by Gasteiger charge is -2.21. The molecule has 0 bridgehead atoms. The Kier molecular flexibility index (Phi) is 9.46. The van der Waals surface area contributed by atoms with Crippen LogP contribution in [0.2, 0.25) is 0 Å². The SMILES string of the molecule is CC(C)(C)c1ccc(-c2c3ccccc3c(-c3ccc4ccc(-c5c6ccccc6c(-c6ccc7c8ccc(C(C)(C)C)cc8c8ccccc8c7c6)c6ccccc56)cc4c3)c3ccccc23)cc1. The predicted octanol–water partition coefficient (Wildman–Crippen LogP) is 20.2. The fourth-order valence-corrected chi connectivity index (χ4v) is 11.8. The summed E-state index contributed by atoms with van der Waals surface area (Å²) in [6.45, 7) is 13.8. The van der Waals surface area contributed by atoms with Crippen molar-refractivity contribution in [1.82, 2.24) is 0 Å². The van der Waals surface area contributed by atoms with E-state index in [4.69, 9.17) is 0 Å². The smallest absolute Gasteiger partial charge is 0.00261 e. The summed E-state index contributed by atoms with van der Waals surface area (Å²) in [5.74, 6) is 0. The van der Waals surface area contributed by atoms with Gasteiger partial charge in [0.05, 0.1) is 0 Å². The molecule has 13 rings (SSSR count). The van der Waals surface area contributed by atoms with Gasteiger partial charge in [0.25, 0.3) is 0 Å². The molecule has 0 N–H and O–H groups in total. The van der Waals surface area contributed by atoms with Gasteiger partial charge < -0.3 is 0 Å². The highest BCUT2D eigenvalue weighted by Gasteiger charge is 2.22. The highest BCUT2D eigenvalue weighted by molar-refractivity contribution is 6.28. The summed E-state index contributed by atoms with van der Waals surface area (Å²) in [4.78, 5) is 0. The molecule has 0 aromatic heterocycles. The van der Waals surface area contributed by atoms with E-state index in [1.165, 1.54) is 142 Å². The van der Waals surface area contributed by atoms with E-state index < -0.39 is 0 Å². The molecule has 0 aliphatic carbocycles. The summed E-state index contributed by atoms with van der Waals surface area (Å²) < 4.78 is 0. The molecular formula is C70H54. The standard InChI is InChI=1S/C70H54/c1-69(2,3)49-34-31-44(32-35-49)65-55-19-9-11-21-57(55)66(58-22-12-10-20-56(58)65)45-29-27-43-28-30-46(40-48(43)39-45)67-59-23-13-15-25-61(59)68(62-26-16-14-24-60(62)67)47-33-37-53-54-38-36-50(70(4,5)6)42-64(54)52-18-8-7-17-51(52)63(53)41-47/h7-42H,1-6H3. The van der Waals surface area contributed by atoms with Crippen molar-refractivity contribution in [3.05, 3.63) is 230 Å². The van der Waals surface area contributed by atoms with Crippen LogP contribution in [0.1, 0.15) is 52.7 Å². The van der Waals surface area contributed by atoms with E-state index in [1.807, 2.05) is 0 Å². The zero-order valence-electron chi connectivity index (χ0n) is 40.8. The zero-order chi connectivity index (χ0) is 47.5. The Morgan fingerprint density at radius 2 is 0.486 bits per heavy atom. The van der Waals surface area contributed by atoms with Crippen LogP contribution in [0.3, 0.4) is 0 Å². The summed E-state index contributed by atoms with van der Waals surface area (Å²) in [6.07, 6.45) is 0. The topological polar surface area (TPSA) is 0 Å². The van der Waals surface area contributed by atoms with Crippen molar-refractivity contribution in [2.75, 3.05) is 0 Å². The van der Waals surface area contributed by atoms with Gasteiger partial charge in [-0.2, -0.15) is 0 Å². The van der Waals surface area contributed by atoms with E-state index in [0.29, 0.717) is 0 Å². The maximum atomic E-state index is 2.46. The molecule has 0 heterocycles. The summed E-state index contributed by atoms with van der Waals surface area (Å²) in [5.41, 5.74) is 12.9. The van der Waals surface area contributed by atoms with Gasteiger partial charge in [-0.3, -0.25) is 0 Å². The minimum absolute atomic E-state index is 0.0658. The van der Waals surface area contributed by atoms with Crippen molar-refractivity contribution in [3.8, 4) is 44.5 Å². The largest absolute Gasteiger partial charge is 0.0616 e. The lowest BCUT2D eigenvalue weighted by molar-refractivity contribution is 0.590. The maximum Gasteiger partial charge on any atom is -0.00261 e. The Balaban J connectivity index is 0.992. The normalized spacial score (nSPS) is 12.4. The molecule has 334 valence electrons. The van der Waals surface area contributed by atoms with Crippen LogP contribution >= 0.6 is 0 Å². The minimum Gasteiger partial charge on any atom is -0.0616 e. The number of benzene rings is 13. The zero-order valence-corrected chi connectivity index (χ0v) is 40.8. The van der Waals surface area contributed by atoms with Crippen LogP contribution in [-0.4, -0.2) is 0 Å². The second-order valence-corrected chi connectivity index (χ2v) is 21.6. The average molecular weight is 895 g/mol. The lowest BCUT2D eigenvalue weighted by Crippen LogP contribution is -2.10. The van der Waals surface area contributed by atoms with Gasteiger partial charge >= 0.3 is 0 Å². The fraction of sp³-hybridized carbons (Fsp3) is 0.114. The Hall–Kier alpha value is -8.06. The molecule has 0 saturated heterocycles. The first-order chi connectivity index (χ1) is 34.0. The van der Waals surface area contributed by atoms with Crippen LogP contribution in [0.5, 0.6) is 0 Å². The molecule has 0 aliphatic heterocycles. The molecule has 0 saturated carbocycles. The quantitative estimate of drug-likeness (QED) is 0.122. The van der Waals surface area contributed by atoms with Crippen LogP contribution in [0, 0.1) is 0 Å². The third-order valence-electron chi connectivity index (χ3n) is 15.3. The Bertz CT molecular complexity index is 4150. The summed E-state index contributed by atoms with van der Waals surface area (Å²) >= 11 is 0. The lowest BCUT2D eigenvalue weighted by atomic mass is 9.83. The monoisotopic (exact) mass is 894 g/mol. The van der Waals surface area contributed by atoms with Crippen molar-refractivity contribution < 1.29 is 0 Å². The van der Waals surface area contributed by atoms with E-state index in [0.717, 1.165) is 0 Å². The molecule has 0 radical (unpaired) electrons. The molecule has 0 unspecified atom stereocenters. The van der Waals surface area contributed by atoms with Crippen LogP contribution in [0.15, 0.2) is 218 Å². The van der Waals surface area contributed by atoms with Gasteiger partial charge in [-0.25, -0.2) is 0 Å². The molecule has 0 aliphatic rings. The van der Waals surface area contributed by atoms with Crippen molar-refractivity contribution in [1.29, 1.82) is 0 Å².